The number of rotatable bonds is 8. The van der Waals surface area contributed by atoms with E-state index in [4.69, 9.17) is 14.9 Å². The molecular formula is C13H22N2O6. The van der Waals surface area contributed by atoms with Crippen molar-refractivity contribution in [3.8, 4) is 0 Å². The number of amides is 2. The maximum atomic E-state index is 11.8. The second kappa shape index (κ2) is 9.30. The number of aliphatic hydroxyl groups excluding tert-OH is 1. The molecule has 0 aromatic carbocycles. The fourth-order valence-corrected chi connectivity index (χ4v) is 2.14. The Balaban J connectivity index is 2.23. The van der Waals surface area contributed by atoms with Crippen LogP contribution in [0.3, 0.4) is 0 Å². The third-order valence-corrected chi connectivity index (χ3v) is 3.30. The fraction of sp³-hybridized carbons (Fsp3) is 0.769. The van der Waals surface area contributed by atoms with Gasteiger partial charge in [0.05, 0.1) is 0 Å². The first-order chi connectivity index (χ1) is 10.0. The highest BCUT2D eigenvalue weighted by Gasteiger charge is 2.27. The molecule has 1 rings (SSSR count). The number of nitrogens with zero attached hydrogens (tertiary/aromatic N) is 1. The number of hydrogen-bond donors (Lipinski definition) is 3. The molecule has 8 heteroatoms. The summed E-state index contributed by atoms with van der Waals surface area (Å²) in [5.74, 6) is -1.53. The average molecular weight is 302 g/mol. The van der Waals surface area contributed by atoms with Gasteiger partial charge in [0.25, 0.3) is 0 Å². The number of aliphatic hydroxyl groups is 1. The van der Waals surface area contributed by atoms with E-state index in [-0.39, 0.29) is 30.9 Å². The van der Waals surface area contributed by atoms with Crippen LogP contribution in [-0.2, 0) is 19.1 Å². The molecule has 0 radical (unpaired) electrons. The van der Waals surface area contributed by atoms with E-state index >= 15 is 0 Å². The summed E-state index contributed by atoms with van der Waals surface area (Å²) in [5.41, 5.74) is 0. The van der Waals surface area contributed by atoms with Gasteiger partial charge >= 0.3 is 5.97 Å². The lowest BCUT2D eigenvalue weighted by atomic mass is 9.96. The first-order valence-corrected chi connectivity index (χ1v) is 7.00. The van der Waals surface area contributed by atoms with Gasteiger partial charge in [0.1, 0.15) is 13.2 Å². The summed E-state index contributed by atoms with van der Waals surface area (Å²) < 4.78 is 4.76. The highest BCUT2D eigenvalue weighted by Crippen LogP contribution is 2.17. The number of nitrogens with one attached hydrogen (secondary N) is 1. The summed E-state index contributed by atoms with van der Waals surface area (Å²) in [7, 11) is 0. The average Bonchev–Trinajstić information content (AvgIpc) is 2.47. The van der Waals surface area contributed by atoms with Crippen molar-refractivity contribution in [2.45, 2.75) is 19.3 Å². The minimum absolute atomic E-state index is 0.0438. The van der Waals surface area contributed by atoms with E-state index < -0.39 is 12.6 Å². The lowest BCUT2D eigenvalue weighted by Crippen LogP contribution is -2.44. The SMILES string of the molecule is O=C(O)COCC(=O)N1CCC(C(=O)NCCCO)CC1. The molecule has 0 unspecified atom stereocenters. The van der Waals surface area contributed by atoms with Gasteiger partial charge in [0.15, 0.2) is 0 Å². The van der Waals surface area contributed by atoms with Crippen LogP contribution < -0.4 is 5.32 Å². The van der Waals surface area contributed by atoms with E-state index in [1.54, 1.807) is 4.90 Å². The molecule has 3 N–H and O–H groups in total. The van der Waals surface area contributed by atoms with Gasteiger partial charge in [0, 0.05) is 32.2 Å². The molecule has 21 heavy (non-hydrogen) atoms. The van der Waals surface area contributed by atoms with E-state index in [0.717, 1.165) is 0 Å². The lowest BCUT2D eigenvalue weighted by Gasteiger charge is -2.31. The van der Waals surface area contributed by atoms with Crippen molar-refractivity contribution in [2.75, 3.05) is 39.5 Å². The Kier molecular flexibility index (Phi) is 7.70. The zero-order chi connectivity index (χ0) is 15.7. The molecule has 0 bridgehead atoms. The number of carbonyl (C=O) groups is 3. The van der Waals surface area contributed by atoms with Crippen molar-refractivity contribution in [3.63, 3.8) is 0 Å². The molecule has 0 aromatic rings. The molecule has 1 saturated heterocycles. The Morgan fingerprint density at radius 2 is 1.86 bits per heavy atom. The zero-order valence-corrected chi connectivity index (χ0v) is 11.9. The van der Waals surface area contributed by atoms with Crippen molar-refractivity contribution in [1.82, 2.24) is 10.2 Å². The summed E-state index contributed by atoms with van der Waals surface area (Å²) in [6.07, 6.45) is 1.69. The number of aliphatic carboxylic acids is 1. The Hall–Kier alpha value is -1.67. The van der Waals surface area contributed by atoms with Crippen LogP contribution in [0.25, 0.3) is 0 Å². The molecule has 2 amide bonds. The van der Waals surface area contributed by atoms with Gasteiger partial charge in [-0.2, -0.15) is 0 Å². The minimum atomic E-state index is -1.11. The van der Waals surface area contributed by atoms with Crippen molar-refractivity contribution in [1.29, 1.82) is 0 Å². The molecule has 0 spiro atoms. The summed E-state index contributed by atoms with van der Waals surface area (Å²) in [4.78, 5) is 35.4. The first-order valence-electron chi connectivity index (χ1n) is 7.00. The zero-order valence-electron chi connectivity index (χ0n) is 11.9. The van der Waals surface area contributed by atoms with E-state index in [1.807, 2.05) is 0 Å². The smallest absolute Gasteiger partial charge is 0.329 e. The monoisotopic (exact) mass is 302 g/mol. The number of likely N-dealkylation sites (tertiary alicyclic amines) is 1. The van der Waals surface area contributed by atoms with Gasteiger partial charge < -0.3 is 25.2 Å². The van der Waals surface area contributed by atoms with Crippen LogP contribution >= 0.6 is 0 Å². The third kappa shape index (κ3) is 6.54. The Morgan fingerprint density at radius 3 is 2.43 bits per heavy atom. The molecule has 1 fully saturated rings. The van der Waals surface area contributed by atoms with Crippen LogP contribution in [0.4, 0.5) is 0 Å². The van der Waals surface area contributed by atoms with Crippen molar-refractivity contribution in [3.05, 3.63) is 0 Å². The van der Waals surface area contributed by atoms with Gasteiger partial charge in [-0.15, -0.1) is 0 Å². The molecule has 1 aliphatic rings. The van der Waals surface area contributed by atoms with Crippen molar-refractivity contribution < 1.29 is 29.3 Å². The third-order valence-electron chi connectivity index (χ3n) is 3.30. The van der Waals surface area contributed by atoms with Crippen LogP contribution in [-0.4, -0.2) is 72.4 Å². The lowest BCUT2D eigenvalue weighted by molar-refractivity contribution is -0.147. The topological polar surface area (TPSA) is 116 Å². The van der Waals surface area contributed by atoms with Crippen molar-refractivity contribution in [2.24, 2.45) is 5.92 Å². The van der Waals surface area contributed by atoms with Gasteiger partial charge in [0.2, 0.25) is 11.8 Å². The predicted molar refractivity (Wildman–Crippen MR) is 72.5 cm³/mol. The normalized spacial score (nSPS) is 15.8. The molecule has 1 heterocycles. The van der Waals surface area contributed by atoms with Crippen LogP contribution in [0.2, 0.25) is 0 Å². The van der Waals surface area contributed by atoms with Crippen LogP contribution in [0, 0.1) is 5.92 Å². The molecule has 8 nitrogen and oxygen atoms in total. The molecule has 1 aliphatic heterocycles. The van der Waals surface area contributed by atoms with E-state index in [0.29, 0.717) is 38.9 Å². The molecule has 0 saturated carbocycles. The fourth-order valence-electron chi connectivity index (χ4n) is 2.14. The number of carboxylic acids is 1. The van der Waals surface area contributed by atoms with Gasteiger partial charge in [-0.3, -0.25) is 9.59 Å². The number of carboxylic acid groups (broad SMARTS) is 1. The summed E-state index contributed by atoms with van der Waals surface area (Å²) in [6, 6.07) is 0. The number of carbonyl (C=O) groups excluding carboxylic acids is 2. The minimum Gasteiger partial charge on any atom is -0.480 e. The number of piperidine rings is 1. The second-order valence-electron chi connectivity index (χ2n) is 4.91. The molecule has 0 aromatic heterocycles. The molecule has 120 valence electrons. The maximum Gasteiger partial charge on any atom is 0.329 e. The number of ether oxygens (including phenoxy) is 1. The van der Waals surface area contributed by atoms with Gasteiger partial charge in [-0.25, -0.2) is 4.79 Å². The standard InChI is InChI=1S/C13H22N2O6/c16-7-1-4-14-13(20)10-2-5-15(6-3-10)11(17)8-21-9-12(18)19/h10,16H,1-9H2,(H,14,20)(H,18,19). The van der Waals surface area contributed by atoms with E-state index in [1.165, 1.54) is 0 Å². The summed E-state index contributed by atoms with van der Waals surface area (Å²) >= 11 is 0. The first kappa shape index (κ1) is 17.4. The number of hydrogen-bond acceptors (Lipinski definition) is 5. The van der Waals surface area contributed by atoms with Gasteiger partial charge in [-0.1, -0.05) is 0 Å². The maximum absolute atomic E-state index is 11.8. The van der Waals surface area contributed by atoms with Crippen LogP contribution in [0.1, 0.15) is 19.3 Å². The predicted octanol–water partition coefficient (Wildman–Crippen LogP) is -1.18. The Morgan fingerprint density at radius 1 is 1.19 bits per heavy atom. The van der Waals surface area contributed by atoms with E-state index in [2.05, 4.69) is 5.32 Å². The van der Waals surface area contributed by atoms with Crippen LogP contribution in [0.5, 0.6) is 0 Å². The quantitative estimate of drug-likeness (QED) is 0.486. The van der Waals surface area contributed by atoms with Crippen LogP contribution in [0.15, 0.2) is 0 Å². The Labute approximate surface area is 123 Å². The summed E-state index contributed by atoms with van der Waals surface area (Å²) in [6.45, 7) is 0.691. The molecule has 0 atom stereocenters. The molecule has 0 aliphatic carbocycles. The van der Waals surface area contributed by atoms with E-state index in [9.17, 15) is 14.4 Å². The van der Waals surface area contributed by atoms with Crippen molar-refractivity contribution >= 4 is 17.8 Å². The summed E-state index contributed by atoms with van der Waals surface area (Å²) in [5, 5.41) is 19.8. The highest BCUT2D eigenvalue weighted by molar-refractivity contribution is 5.80. The highest BCUT2D eigenvalue weighted by atomic mass is 16.5. The molecular weight excluding hydrogens is 280 g/mol. The largest absolute Gasteiger partial charge is 0.480 e. The Bertz CT molecular complexity index is 366. The second-order valence-corrected chi connectivity index (χ2v) is 4.91. The van der Waals surface area contributed by atoms with Gasteiger partial charge in [-0.05, 0) is 19.3 Å².